The second kappa shape index (κ2) is 13.3. The van der Waals surface area contributed by atoms with Crippen molar-refractivity contribution in [2.24, 2.45) is 0 Å². The predicted octanol–water partition coefficient (Wildman–Crippen LogP) is 3.31. The first-order chi connectivity index (χ1) is 22.3. The highest BCUT2D eigenvalue weighted by Crippen LogP contribution is 2.31. The summed E-state index contributed by atoms with van der Waals surface area (Å²) < 4.78 is 5.04. The maximum atomic E-state index is 13.7. The zero-order chi connectivity index (χ0) is 32.1. The van der Waals surface area contributed by atoms with Crippen molar-refractivity contribution >= 4 is 23.6 Å². The molecule has 4 heterocycles. The molecule has 0 unspecified atom stereocenters. The number of hydrogen-bond donors (Lipinski definition) is 3. The lowest BCUT2D eigenvalue weighted by molar-refractivity contribution is 0.0305. The Morgan fingerprint density at radius 1 is 1.04 bits per heavy atom. The van der Waals surface area contributed by atoms with E-state index in [1.54, 1.807) is 36.6 Å². The van der Waals surface area contributed by atoms with Crippen LogP contribution in [0.4, 0.5) is 22.4 Å². The molecular weight excluding hydrogens is 586 g/mol. The van der Waals surface area contributed by atoms with Crippen LogP contribution in [0.5, 0.6) is 6.01 Å². The molecule has 2 aliphatic rings. The van der Waals surface area contributed by atoms with Gasteiger partial charge in [-0.3, -0.25) is 9.88 Å². The zero-order valence-electron chi connectivity index (χ0n) is 25.7. The van der Waals surface area contributed by atoms with E-state index in [1.165, 1.54) is 13.3 Å². The lowest BCUT2D eigenvalue weighted by Crippen LogP contribution is -2.60. The van der Waals surface area contributed by atoms with Crippen LogP contribution in [-0.4, -0.2) is 78.9 Å². The monoisotopic (exact) mass is 621 g/mol. The molecule has 3 aromatic heterocycles. The second-order valence-electron chi connectivity index (χ2n) is 11.8. The fourth-order valence-corrected chi connectivity index (χ4v) is 5.81. The number of nitrogens with one attached hydrogen (secondary N) is 2. The van der Waals surface area contributed by atoms with Crippen LogP contribution in [0.2, 0.25) is 0 Å². The molecule has 0 atom stereocenters. The van der Waals surface area contributed by atoms with Gasteiger partial charge in [0.1, 0.15) is 11.6 Å². The Morgan fingerprint density at radius 2 is 1.78 bits per heavy atom. The van der Waals surface area contributed by atoms with Crippen molar-refractivity contribution in [1.82, 2.24) is 35.2 Å². The van der Waals surface area contributed by atoms with E-state index >= 15 is 0 Å². The minimum Gasteiger partial charge on any atom is -0.467 e. The van der Waals surface area contributed by atoms with Crippen molar-refractivity contribution in [2.45, 2.75) is 56.8 Å². The van der Waals surface area contributed by atoms with E-state index < -0.39 is 5.60 Å². The predicted molar refractivity (Wildman–Crippen MR) is 170 cm³/mol. The van der Waals surface area contributed by atoms with Crippen molar-refractivity contribution in [2.75, 3.05) is 35.3 Å². The van der Waals surface area contributed by atoms with Crippen LogP contribution in [0, 0.1) is 11.3 Å². The molecule has 1 aromatic carbocycles. The number of methoxy groups -OCH3 is 1. The summed E-state index contributed by atoms with van der Waals surface area (Å²) in [6, 6.07) is 11.9. The molecule has 0 spiro atoms. The number of aliphatic hydroxyl groups is 1. The molecule has 6 rings (SSSR count). The summed E-state index contributed by atoms with van der Waals surface area (Å²) in [5.74, 6) is 1.40. The van der Waals surface area contributed by atoms with Crippen LogP contribution in [0.3, 0.4) is 0 Å². The number of amides is 2. The van der Waals surface area contributed by atoms with Crippen molar-refractivity contribution < 1.29 is 14.6 Å². The molecule has 2 fully saturated rings. The lowest BCUT2D eigenvalue weighted by atomic mass is 9.90. The van der Waals surface area contributed by atoms with Crippen molar-refractivity contribution in [1.29, 1.82) is 5.26 Å². The lowest BCUT2D eigenvalue weighted by Gasteiger charge is -2.45. The van der Waals surface area contributed by atoms with Crippen molar-refractivity contribution in [3.63, 3.8) is 0 Å². The standard InChI is InChI=1S/C32H35N11O3/c1-32(45)19-42(20-32)28-22(12-33)14-36-29(41-28)40-24-8-10-25(11-9-24)43(31(44)39-13-21-6-4-3-5-7-21)27-18-34-26(17-35-27)23-15-37-30(46-2)38-16-23/h3-7,14-18,24-25,45H,8-11,13,19-20H2,1-2H3,(H,39,44)(H,36,40,41)/t24-,25-. The number of carbonyl (C=O) groups is 1. The molecule has 1 aliphatic carbocycles. The van der Waals surface area contributed by atoms with E-state index in [2.05, 4.69) is 46.6 Å². The van der Waals surface area contributed by atoms with Crippen molar-refractivity contribution in [3.8, 4) is 23.3 Å². The molecule has 46 heavy (non-hydrogen) atoms. The molecule has 14 nitrogen and oxygen atoms in total. The molecule has 1 saturated heterocycles. The third-order valence-corrected chi connectivity index (χ3v) is 8.14. The molecule has 236 valence electrons. The molecule has 0 radical (unpaired) electrons. The van der Waals surface area contributed by atoms with E-state index in [4.69, 9.17) is 4.74 Å². The van der Waals surface area contributed by atoms with Gasteiger partial charge in [-0.2, -0.15) is 10.2 Å². The number of rotatable bonds is 9. The third-order valence-electron chi connectivity index (χ3n) is 8.14. The van der Waals surface area contributed by atoms with E-state index in [1.807, 2.05) is 35.2 Å². The summed E-state index contributed by atoms with van der Waals surface area (Å²) in [4.78, 5) is 43.7. The highest BCUT2D eigenvalue weighted by Gasteiger charge is 2.39. The SMILES string of the molecule is COc1ncc(-c2cnc(N(C(=O)NCc3ccccc3)[C@H]3CC[C@H](Nc4ncc(C#N)c(N5CC(C)(O)C5)n4)CC3)cn2)cn1. The van der Waals surface area contributed by atoms with Gasteiger partial charge in [0.15, 0.2) is 11.6 Å². The van der Waals surface area contributed by atoms with Crippen molar-refractivity contribution in [3.05, 3.63) is 72.4 Å². The van der Waals surface area contributed by atoms with Gasteiger partial charge in [0, 0.05) is 49.7 Å². The summed E-state index contributed by atoms with van der Waals surface area (Å²) in [6.45, 7) is 2.95. The first-order valence-electron chi connectivity index (χ1n) is 15.1. The number of urea groups is 1. The van der Waals surface area contributed by atoms with Crippen LogP contribution >= 0.6 is 0 Å². The average Bonchev–Trinajstić information content (AvgIpc) is 3.08. The van der Waals surface area contributed by atoms with Crippen LogP contribution in [-0.2, 0) is 6.54 Å². The Hall–Kier alpha value is -5.42. The molecule has 14 heteroatoms. The van der Waals surface area contributed by atoms with E-state index in [0.717, 1.165) is 18.4 Å². The Morgan fingerprint density at radius 3 is 2.41 bits per heavy atom. The Labute approximate surface area is 266 Å². The topological polar surface area (TPSA) is 178 Å². The summed E-state index contributed by atoms with van der Waals surface area (Å²) in [7, 11) is 1.50. The van der Waals surface area contributed by atoms with Gasteiger partial charge in [0.05, 0.1) is 37.0 Å². The first-order valence-corrected chi connectivity index (χ1v) is 15.1. The molecule has 2 amide bonds. The number of nitrogens with zero attached hydrogens (tertiary/aromatic N) is 9. The number of hydrogen-bond acceptors (Lipinski definition) is 12. The minimum atomic E-state index is -0.794. The summed E-state index contributed by atoms with van der Waals surface area (Å²) in [5.41, 5.74) is 1.83. The zero-order valence-corrected chi connectivity index (χ0v) is 25.7. The van der Waals surface area contributed by atoms with E-state index in [-0.39, 0.29) is 24.1 Å². The van der Waals surface area contributed by atoms with Gasteiger partial charge in [-0.25, -0.2) is 24.7 Å². The van der Waals surface area contributed by atoms with E-state index in [0.29, 0.717) is 66.9 Å². The number of aromatic nitrogens is 6. The quantitative estimate of drug-likeness (QED) is 0.249. The number of ether oxygens (including phenoxy) is 1. The summed E-state index contributed by atoms with van der Waals surface area (Å²) >= 11 is 0. The largest absolute Gasteiger partial charge is 0.467 e. The molecular formula is C32H35N11O3. The molecule has 1 aliphatic heterocycles. The summed E-state index contributed by atoms with van der Waals surface area (Å²) in [6.07, 6.45) is 10.9. The highest BCUT2D eigenvalue weighted by molar-refractivity contribution is 5.91. The van der Waals surface area contributed by atoms with Gasteiger partial charge in [-0.05, 0) is 38.2 Å². The number of carbonyl (C=O) groups excluding carboxylic acids is 1. The van der Waals surface area contributed by atoms with Crippen LogP contribution in [0.15, 0.2) is 61.3 Å². The average molecular weight is 622 g/mol. The summed E-state index contributed by atoms with van der Waals surface area (Å²) in [5, 5.41) is 26.2. The maximum Gasteiger partial charge on any atom is 0.323 e. The molecule has 1 saturated carbocycles. The molecule has 4 aromatic rings. The number of nitriles is 1. The fourth-order valence-electron chi connectivity index (χ4n) is 5.81. The fraction of sp³-hybridized carbons (Fsp3) is 0.375. The Kier molecular flexibility index (Phi) is 8.84. The number of β-amino-alcohol motifs (C(OH)–C–C–N with tert-alkyl or cyclic N) is 1. The van der Waals surface area contributed by atoms with Gasteiger partial charge in [-0.15, -0.1) is 0 Å². The van der Waals surface area contributed by atoms with Gasteiger partial charge < -0.3 is 25.4 Å². The highest BCUT2D eigenvalue weighted by atomic mass is 16.5. The minimum absolute atomic E-state index is 0.0781. The molecule has 3 N–H and O–H groups in total. The van der Waals surface area contributed by atoms with Gasteiger partial charge in [0.2, 0.25) is 5.95 Å². The number of anilines is 3. The van der Waals surface area contributed by atoms with Crippen LogP contribution < -0.4 is 25.2 Å². The van der Waals surface area contributed by atoms with Gasteiger partial charge in [0.25, 0.3) is 0 Å². The Bertz CT molecular complexity index is 1680. The van der Waals surface area contributed by atoms with Crippen LogP contribution in [0.25, 0.3) is 11.3 Å². The first kappa shape index (κ1) is 30.6. The van der Waals surface area contributed by atoms with Crippen LogP contribution in [0.1, 0.15) is 43.7 Å². The number of benzene rings is 1. The Balaban J connectivity index is 1.15. The smallest absolute Gasteiger partial charge is 0.323 e. The maximum absolute atomic E-state index is 13.7. The second-order valence-corrected chi connectivity index (χ2v) is 11.8. The molecule has 0 bridgehead atoms. The van der Waals surface area contributed by atoms with Gasteiger partial charge in [-0.1, -0.05) is 30.3 Å². The third kappa shape index (κ3) is 6.94. The van der Waals surface area contributed by atoms with E-state index in [9.17, 15) is 15.2 Å². The normalized spacial score (nSPS) is 18.5. The van der Waals surface area contributed by atoms with Gasteiger partial charge >= 0.3 is 12.0 Å².